The van der Waals surface area contributed by atoms with Crippen LogP contribution in [0.2, 0.25) is 0 Å². The molecule has 0 amide bonds. The molecule has 70 heavy (non-hydrogen) atoms. The van der Waals surface area contributed by atoms with Crippen LogP contribution in [0.15, 0.2) is 0 Å². The maximum Gasteiger partial charge on any atom is 0.306 e. The molecule has 0 N–H and O–H groups in total. The maximum absolute atomic E-state index is 12.9. The summed E-state index contributed by atoms with van der Waals surface area (Å²) in [5, 5.41) is 0. The molecule has 0 aromatic heterocycles. The van der Waals surface area contributed by atoms with Crippen molar-refractivity contribution in [3.05, 3.63) is 0 Å². The van der Waals surface area contributed by atoms with Crippen molar-refractivity contribution < 1.29 is 28.6 Å². The lowest BCUT2D eigenvalue weighted by Gasteiger charge is -2.18. The molecule has 0 aromatic rings. The van der Waals surface area contributed by atoms with E-state index in [-0.39, 0.29) is 31.1 Å². The van der Waals surface area contributed by atoms with Gasteiger partial charge >= 0.3 is 17.9 Å². The summed E-state index contributed by atoms with van der Waals surface area (Å²) in [6.07, 6.45) is 68.2. The summed E-state index contributed by atoms with van der Waals surface area (Å²) in [7, 11) is 0. The molecule has 1 atom stereocenters. The molecule has 6 nitrogen and oxygen atoms in total. The number of carbonyl (C=O) groups excluding carboxylic acids is 3. The number of hydrogen-bond donors (Lipinski definition) is 0. The van der Waals surface area contributed by atoms with Crippen LogP contribution in [0.5, 0.6) is 0 Å². The third-order valence-corrected chi connectivity index (χ3v) is 14.9. The first kappa shape index (κ1) is 68.4. The smallest absolute Gasteiger partial charge is 0.306 e. The Morgan fingerprint density at radius 1 is 0.229 bits per heavy atom. The van der Waals surface area contributed by atoms with E-state index in [1.54, 1.807) is 0 Å². The summed E-state index contributed by atoms with van der Waals surface area (Å²) in [5.74, 6) is -0.824. The SMILES string of the molecule is CCCCCCCCCCCCCCCCCCCCCC(=O)O[C@H](COC(=O)CCCCCCCCCCCCCCCCCC)COC(=O)CCCCCCCCCCCCCCCCCCC. The highest BCUT2D eigenvalue weighted by Gasteiger charge is 2.19. The quantitative estimate of drug-likeness (QED) is 0.0343. The molecule has 0 aliphatic rings. The van der Waals surface area contributed by atoms with E-state index in [0.717, 1.165) is 57.8 Å². The van der Waals surface area contributed by atoms with Gasteiger partial charge in [0.1, 0.15) is 13.2 Å². The normalized spacial score (nSPS) is 11.9. The Hall–Kier alpha value is -1.59. The molecule has 0 aliphatic carbocycles. The Morgan fingerprint density at radius 2 is 0.386 bits per heavy atom. The van der Waals surface area contributed by atoms with Gasteiger partial charge in [0.25, 0.3) is 0 Å². The van der Waals surface area contributed by atoms with Crippen LogP contribution in [0.1, 0.15) is 374 Å². The monoisotopic (exact) mass is 989 g/mol. The van der Waals surface area contributed by atoms with E-state index in [1.165, 1.54) is 276 Å². The highest BCUT2D eigenvalue weighted by molar-refractivity contribution is 5.71. The van der Waals surface area contributed by atoms with Crippen LogP contribution in [-0.4, -0.2) is 37.2 Å². The molecule has 0 heterocycles. The molecule has 0 saturated heterocycles. The molecule has 0 unspecified atom stereocenters. The van der Waals surface area contributed by atoms with Gasteiger partial charge in [-0.15, -0.1) is 0 Å². The fourth-order valence-corrected chi connectivity index (χ4v) is 10.0. The van der Waals surface area contributed by atoms with Crippen molar-refractivity contribution in [1.29, 1.82) is 0 Å². The summed E-state index contributed by atoms with van der Waals surface area (Å²) in [6, 6.07) is 0. The minimum Gasteiger partial charge on any atom is -0.462 e. The van der Waals surface area contributed by atoms with E-state index in [4.69, 9.17) is 14.2 Å². The third kappa shape index (κ3) is 57.3. The van der Waals surface area contributed by atoms with Gasteiger partial charge in [0.05, 0.1) is 0 Å². The Balaban J connectivity index is 4.28. The van der Waals surface area contributed by atoms with E-state index in [0.29, 0.717) is 19.3 Å². The molecular formula is C64H124O6. The molecule has 0 aromatic carbocycles. The molecule has 0 bridgehead atoms. The molecule has 0 aliphatic heterocycles. The van der Waals surface area contributed by atoms with E-state index in [1.807, 2.05) is 0 Å². The molecule has 0 spiro atoms. The van der Waals surface area contributed by atoms with E-state index < -0.39 is 6.10 Å². The standard InChI is InChI=1S/C64H124O6/c1-4-7-10-13-16-19-22-25-28-31-32-34-37-40-43-46-49-52-55-58-64(67)70-61(59-68-62(65)56-53-50-47-44-41-38-35-30-27-24-21-18-15-12-9-6-3)60-69-63(66)57-54-51-48-45-42-39-36-33-29-26-23-20-17-14-11-8-5-2/h61H,4-60H2,1-3H3/t61-/m1/s1. The van der Waals surface area contributed by atoms with Crippen molar-refractivity contribution in [2.24, 2.45) is 0 Å². The van der Waals surface area contributed by atoms with Crippen molar-refractivity contribution in [3.8, 4) is 0 Å². The first-order valence-corrected chi connectivity index (χ1v) is 32.0. The van der Waals surface area contributed by atoms with Gasteiger partial charge in [0.2, 0.25) is 0 Å². The fraction of sp³-hybridized carbons (Fsp3) is 0.953. The van der Waals surface area contributed by atoms with E-state index >= 15 is 0 Å². The second-order valence-corrected chi connectivity index (χ2v) is 22.1. The van der Waals surface area contributed by atoms with Gasteiger partial charge in [0.15, 0.2) is 6.10 Å². The molecule has 0 rings (SSSR count). The van der Waals surface area contributed by atoms with Gasteiger partial charge in [-0.1, -0.05) is 335 Å². The minimum absolute atomic E-state index is 0.0605. The van der Waals surface area contributed by atoms with Crippen molar-refractivity contribution in [2.75, 3.05) is 13.2 Å². The first-order chi connectivity index (χ1) is 34.5. The molecule has 0 saturated carbocycles. The van der Waals surface area contributed by atoms with Gasteiger partial charge in [-0.25, -0.2) is 0 Å². The van der Waals surface area contributed by atoms with Gasteiger partial charge in [-0.2, -0.15) is 0 Å². The van der Waals surface area contributed by atoms with Gasteiger partial charge in [0, 0.05) is 19.3 Å². The average Bonchev–Trinajstić information content (AvgIpc) is 3.36. The molecule has 416 valence electrons. The number of esters is 3. The summed E-state index contributed by atoms with van der Waals surface area (Å²) < 4.78 is 17.0. The average molecular weight is 990 g/mol. The third-order valence-electron chi connectivity index (χ3n) is 14.9. The molecular weight excluding hydrogens is 865 g/mol. The Labute approximate surface area is 438 Å². The van der Waals surface area contributed by atoms with Crippen LogP contribution in [-0.2, 0) is 28.6 Å². The number of unbranched alkanes of at least 4 members (excludes halogenated alkanes) is 49. The van der Waals surface area contributed by atoms with Gasteiger partial charge < -0.3 is 14.2 Å². The highest BCUT2D eigenvalue weighted by atomic mass is 16.6. The maximum atomic E-state index is 12.9. The first-order valence-electron chi connectivity index (χ1n) is 32.0. The lowest BCUT2D eigenvalue weighted by atomic mass is 10.0. The molecule has 0 radical (unpaired) electrons. The van der Waals surface area contributed by atoms with Crippen LogP contribution < -0.4 is 0 Å². The highest BCUT2D eigenvalue weighted by Crippen LogP contribution is 2.19. The summed E-state index contributed by atoms with van der Waals surface area (Å²) in [5.41, 5.74) is 0. The number of rotatable bonds is 60. The Kier molecular flexibility index (Phi) is 58.6. The van der Waals surface area contributed by atoms with Crippen LogP contribution >= 0.6 is 0 Å². The molecule has 0 fully saturated rings. The second kappa shape index (κ2) is 60.0. The number of ether oxygens (including phenoxy) is 3. The summed E-state index contributed by atoms with van der Waals surface area (Å²) in [6.45, 7) is 6.73. The predicted octanol–water partition coefficient (Wildman–Crippen LogP) is 21.5. The van der Waals surface area contributed by atoms with Crippen LogP contribution in [0, 0.1) is 0 Å². The Morgan fingerprint density at radius 3 is 0.571 bits per heavy atom. The second-order valence-electron chi connectivity index (χ2n) is 22.1. The van der Waals surface area contributed by atoms with Crippen LogP contribution in [0.25, 0.3) is 0 Å². The van der Waals surface area contributed by atoms with Gasteiger partial charge in [-0.3, -0.25) is 14.4 Å². The van der Waals surface area contributed by atoms with E-state index in [2.05, 4.69) is 20.8 Å². The Bertz CT molecular complexity index is 1040. The van der Waals surface area contributed by atoms with Crippen molar-refractivity contribution >= 4 is 17.9 Å². The number of carbonyl (C=O) groups is 3. The van der Waals surface area contributed by atoms with Crippen molar-refractivity contribution in [1.82, 2.24) is 0 Å². The van der Waals surface area contributed by atoms with Crippen molar-refractivity contribution in [2.45, 2.75) is 380 Å². The largest absolute Gasteiger partial charge is 0.462 e. The van der Waals surface area contributed by atoms with Crippen LogP contribution in [0.3, 0.4) is 0 Å². The summed E-state index contributed by atoms with van der Waals surface area (Å²) in [4.78, 5) is 38.3. The fourth-order valence-electron chi connectivity index (χ4n) is 10.0. The zero-order valence-corrected chi connectivity index (χ0v) is 47.8. The summed E-state index contributed by atoms with van der Waals surface area (Å²) >= 11 is 0. The lowest BCUT2D eigenvalue weighted by Crippen LogP contribution is -2.30. The van der Waals surface area contributed by atoms with Crippen molar-refractivity contribution in [3.63, 3.8) is 0 Å². The van der Waals surface area contributed by atoms with Crippen LogP contribution in [0.4, 0.5) is 0 Å². The minimum atomic E-state index is -0.762. The van der Waals surface area contributed by atoms with Gasteiger partial charge in [-0.05, 0) is 19.3 Å². The zero-order valence-electron chi connectivity index (χ0n) is 47.8. The predicted molar refractivity (Wildman–Crippen MR) is 303 cm³/mol. The van der Waals surface area contributed by atoms with E-state index in [9.17, 15) is 14.4 Å². The molecule has 6 heteroatoms. The lowest BCUT2D eigenvalue weighted by molar-refractivity contribution is -0.167. The number of hydrogen-bond acceptors (Lipinski definition) is 6. The topological polar surface area (TPSA) is 78.9 Å². The zero-order chi connectivity index (χ0) is 50.7.